The Balaban J connectivity index is 2.48. The van der Waals surface area contributed by atoms with E-state index in [2.05, 4.69) is 16.8 Å². The fourth-order valence-electron chi connectivity index (χ4n) is 1.44. The van der Waals surface area contributed by atoms with E-state index in [0.717, 1.165) is 22.8 Å². The summed E-state index contributed by atoms with van der Waals surface area (Å²) in [6.45, 7) is 0. The van der Waals surface area contributed by atoms with E-state index in [4.69, 9.17) is 11.6 Å². The van der Waals surface area contributed by atoms with Gasteiger partial charge in [-0.05, 0) is 12.1 Å². The maximum atomic E-state index is 5.57. The van der Waals surface area contributed by atoms with Crippen LogP contribution in [0.4, 0.5) is 0 Å². The van der Waals surface area contributed by atoms with Gasteiger partial charge in [0, 0.05) is 41.0 Å². The van der Waals surface area contributed by atoms with Crippen molar-refractivity contribution in [2.75, 3.05) is 5.88 Å². The molecule has 0 saturated carbocycles. The predicted octanol–water partition coefficient (Wildman–Crippen LogP) is 3.22. The van der Waals surface area contributed by atoms with Crippen LogP contribution in [-0.2, 0) is 0 Å². The van der Waals surface area contributed by atoms with Gasteiger partial charge in [0.05, 0.1) is 0 Å². The average Bonchev–Trinajstić information content (AvgIpc) is 2.30. The second kappa shape index (κ2) is 4.82. The Labute approximate surface area is 94.1 Å². The number of nitrogens with zero attached hydrogens (tertiary/aromatic N) is 1. The molecule has 0 amide bonds. The largest absolute Gasteiger partial charge is 0.264 e. The highest BCUT2D eigenvalue weighted by Gasteiger charge is 1.96. The molecular weight excluding hydrogens is 206 g/mol. The van der Waals surface area contributed by atoms with Gasteiger partial charge in [-0.15, -0.1) is 11.6 Å². The summed E-state index contributed by atoms with van der Waals surface area (Å²) in [6.07, 6.45) is 4.36. The number of hydrogen-bond donors (Lipinski definition) is 0. The summed E-state index contributed by atoms with van der Waals surface area (Å²) in [5.41, 5.74) is 1.04. The highest BCUT2D eigenvalue weighted by molar-refractivity contribution is 6.18. The molecule has 1 heterocycles. The number of halogens is 1. The Morgan fingerprint density at radius 1 is 1.27 bits per heavy atom. The lowest BCUT2D eigenvalue weighted by Crippen LogP contribution is -1.80. The molecule has 0 fully saturated rings. The molecule has 1 aromatic heterocycles. The molecule has 0 aliphatic heterocycles. The zero-order valence-corrected chi connectivity index (χ0v) is 8.96. The summed E-state index contributed by atoms with van der Waals surface area (Å²) >= 11 is 5.57. The molecule has 0 aliphatic carbocycles. The summed E-state index contributed by atoms with van der Waals surface area (Å²) in [7, 11) is 0. The summed E-state index contributed by atoms with van der Waals surface area (Å²) in [5, 5.41) is 2.27. The lowest BCUT2D eigenvalue weighted by molar-refractivity contribution is 1.29. The number of rotatable bonds is 1. The molecule has 74 valence electrons. The van der Waals surface area contributed by atoms with Crippen molar-refractivity contribution in [1.82, 2.24) is 4.98 Å². The first-order valence-electron chi connectivity index (χ1n) is 4.79. The SMILES string of the molecule is ClCCC#Cc1cccc2cnccc12. The van der Waals surface area contributed by atoms with Crippen LogP contribution < -0.4 is 0 Å². The van der Waals surface area contributed by atoms with Crippen LogP contribution in [-0.4, -0.2) is 10.9 Å². The molecule has 0 saturated heterocycles. The zero-order chi connectivity index (χ0) is 10.5. The Kier molecular flexibility index (Phi) is 3.22. The Bertz CT molecular complexity index is 517. The minimum Gasteiger partial charge on any atom is -0.264 e. The predicted molar refractivity (Wildman–Crippen MR) is 64.0 cm³/mol. The van der Waals surface area contributed by atoms with E-state index >= 15 is 0 Å². The topological polar surface area (TPSA) is 12.9 Å². The Morgan fingerprint density at radius 2 is 2.20 bits per heavy atom. The van der Waals surface area contributed by atoms with E-state index in [0.29, 0.717) is 5.88 Å². The first kappa shape index (κ1) is 10.0. The van der Waals surface area contributed by atoms with Gasteiger partial charge in [-0.3, -0.25) is 4.98 Å². The minimum atomic E-state index is 0.583. The van der Waals surface area contributed by atoms with Crippen molar-refractivity contribution in [3.8, 4) is 11.8 Å². The molecule has 0 unspecified atom stereocenters. The van der Waals surface area contributed by atoms with E-state index < -0.39 is 0 Å². The number of alkyl halides is 1. The molecule has 1 nitrogen and oxygen atoms in total. The van der Waals surface area contributed by atoms with Gasteiger partial charge in [0.25, 0.3) is 0 Å². The van der Waals surface area contributed by atoms with Gasteiger partial charge in [0.15, 0.2) is 0 Å². The molecule has 0 aliphatic rings. The Hall–Kier alpha value is -1.52. The fourth-order valence-corrected chi connectivity index (χ4v) is 1.53. The first-order chi connectivity index (χ1) is 7.42. The van der Waals surface area contributed by atoms with E-state index in [1.807, 2.05) is 30.5 Å². The minimum absolute atomic E-state index is 0.583. The second-order valence-electron chi connectivity index (χ2n) is 3.14. The molecule has 0 bridgehead atoms. The molecule has 0 radical (unpaired) electrons. The third-order valence-electron chi connectivity index (χ3n) is 2.12. The van der Waals surface area contributed by atoms with Crippen LogP contribution in [0.3, 0.4) is 0 Å². The van der Waals surface area contributed by atoms with E-state index in [1.54, 1.807) is 6.20 Å². The van der Waals surface area contributed by atoms with Gasteiger partial charge in [0.1, 0.15) is 0 Å². The van der Waals surface area contributed by atoms with Crippen LogP contribution in [0.5, 0.6) is 0 Å². The third-order valence-corrected chi connectivity index (χ3v) is 2.31. The summed E-state index contributed by atoms with van der Waals surface area (Å²) in [6, 6.07) is 8.04. The third kappa shape index (κ3) is 2.29. The quantitative estimate of drug-likeness (QED) is 0.526. The van der Waals surface area contributed by atoms with Crippen LogP contribution in [0, 0.1) is 11.8 Å². The first-order valence-corrected chi connectivity index (χ1v) is 5.33. The lowest BCUT2D eigenvalue weighted by atomic mass is 10.1. The summed E-state index contributed by atoms with van der Waals surface area (Å²) in [5.74, 6) is 6.75. The number of hydrogen-bond acceptors (Lipinski definition) is 1. The molecule has 0 atom stereocenters. The molecule has 0 spiro atoms. The smallest absolute Gasteiger partial charge is 0.0346 e. The molecule has 2 heteroatoms. The van der Waals surface area contributed by atoms with Gasteiger partial charge in [-0.25, -0.2) is 0 Å². The highest BCUT2D eigenvalue weighted by Crippen LogP contribution is 2.16. The van der Waals surface area contributed by atoms with Gasteiger partial charge < -0.3 is 0 Å². The Morgan fingerprint density at radius 3 is 3.07 bits per heavy atom. The van der Waals surface area contributed by atoms with E-state index in [1.165, 1.54) is 0 Å². The summed E-state index contributed by atoms with van der Waals surface area (Å²) < 4.78 is 0. The van der Waals surface area contributed by atoms with Gasteiger partial charge in [0.2, 0.25) is 0 Å². The van der Waals surface area contributed by atoms with Crippen LogP contribution in [0.15, 0.2) is 36.7 Å². The molecule has 2 rings (SSSR count). The molecule has 0 N–H and O–H groups in total. The standard InChI is InChI=1S/C13H10ClN/c14-8-2-1-4-11-5-3-6-12-10-15-9-7-13(11)12/h3,5-7,9-10H,2,8H2. The summed E-state index contributed by atoms with van der Waals surface area (Å²) in [4.78, 5) is 4.08. The normalized spacial score (nSPS) is 9.67. The fraction of sp³-hybridized carbons (Fsp3) is 0.154. The average molecular weight is 216 g/mol. The van der Waals surface area contributed by atoms with E-state index in [-0.39, 0.29) is 0 Å². The van der Waals surface area contributed by atoms with Gasteiger partial charge >= 0.3 is 0 Å². The van der Waals surface area contributed by atoms with Crippen molar-refractivity contribution < 1.29 is 0 Å². The maximum absolute atomic E-state index is 5.57. The number of pyridine rings is 1. The lowest BCUT2D eigenvalue weighted by Gasteiger charge is -1.98. The van der Waals surface area contributed by atoms with Crippen LogP contribution >= 0.6 is 11.6 Å². The van der Waals surface area contributed by atoms with Crippen molar-refractivity contribution in [1.29, 1.82) is 0 Å². The van der Waals surface area contributed by atoms with Crippen LogP contribution in [0.2, 0.25) is 0 Å². The van der Waals surface area contributed by atoms with Crippen molar-refractivity contribution >= 4 is 22.4 Å². The van der Waals surface area contributed by atoms with Gasteiger partial charge in [-0.2, -0.15) is 0 Å². The highest BCUT2D eigenvalue weighted by atomic mass is 35.5. The number of fused-ring (bicyclic) bond motifs is 1. The number of aromatic nitrogens is 1. The monoisotopic (exact) mass is 215 g/mol. The van der Waals surface area contributed by atoms with Gasteiger partial charge in [-0.1, -0.05) is 24.0 Å². The number of benzene rings is 1. The maximum Gasteiger partial charge on any atom is 0.0346 e. The molecular formula is C13H10ClN. The van der Waals surface area contributed by atoms with Crippen molar-refractivity contribution in [2.24, 2.45) is 0 Å². The van der Waals surface area contributed by atoms with Crippen molar-refractivity contribution in [2.45, 2.75) is 6.42 Å². The van der Waals surface area contributed by atoms with Crippen molar-refractivity contribution in [3.05, 3.63) is 42.2 Å². The van der Waals surface area contributed by atoms with Crippen molar-refractivity contribution in [3.63, 3.8) is 0 Å². The van der Waals surface area contributed by atoms with Crippen LogP contribution in [0.25, 0.3) is 10.8 Å². The molecule has 15 heavy (non-hydrogen) atoms. The van der Waals surface area contributed by atoms with E-state index in [9.17, 15) is 0 Å². The second-order valence-corrected chi connectivity index (χ2v) is 3.52. The zero-order valence-electron chi connectivity index (χ0n) is 8.20. The molecule has 1 aromatic carbocycles. The van der Waals surface area contributed by atoms with Crippen LogP contribution in [0.1, 0.15) is 12.0 Å². The molecule has 2 aromatic rings.